The number of rotatable bonds is 25. The lowest BCUT2D eigenvalue weighted by atomic mass is 9.33. The molecule has 0 radical (unpaired) electrons. The van der Waals surface area contributed by atoms with Crippen LogP contribution < -0.4 is 21.3 Å². The molecule has 0 aromatic heterocycles. The number of hydrogen-bond donors (Lipinski definition) is 20. The minimum Gasteiger partial charge on any atom is -0.432 e. The first-order chi connectivity index (χ1) is 55.3. The predicted molar refractivity (Wildman–Crippen MR) is 399 cm³/mol. The highest BCUT2D eigenvalue weighted by Gasteiger charge is 2.73. The summed E-state index contributed by atoms with van der Waals surface area (Å²) in [6.45, 7) is 12.7. The van der Waals surface area contributed by atoms with E-state index in [1.807, 2.05) is 0 Å². The van der Waals surface area contributed by atoms with Crippen LogP contribution in [0.2, 0.25) is 0 Å². The molecule has 0 aromatic carbocycles. The first-order valence-electron chi connectivity index (χ1n) is 41.3. The topological polar surface area (TPSA) is 577 Å². The number of aldehydes is 1. The number of allylic oxidation sites excluding steroid dienone is 2. The molecule has 42 atom stereocenters. The highest BCUT2D eigenvalue weighted by atomic mass is 32.2. The number of nitrogens with one attached hydrogen (secondary N) is 4. The minimum absolute atomic E-state index is 0.0135. The molecule has 4 amide bonds. The number of unbranched alkanes of at least 4 members (excludes halogenated alkanes) is 1. The Kier molecular flexibility index (Phi) is 27.8. The molecule has 0 bridgehead atoms. The number of carbonyl (C=O) groups is 5. The number of carbonyl (C=O) groups excluding carboxylic acids is 5. The summed E-state index contributed by atoms with van der Waals surface area (Å²) in [6.07, 6.45) is -45.9. The molecule has 0 spiro atoms. The minimum atomic E-state index is -2.15. The van der Waals surface area contributed by atoms with Gasteiger partial charge in [-0.25, -0.2) is 4.79 Å². The lowest BCUT2D eigenvalue weighted by molar-refractivity contribution is -0.391. The molecule has 13 rings (SSSR count). The van der Waals surface area contributed by atoms with Gasteiger partial charge >= 0.3 is 12.0 Å². The van der Waals surface area contributed by atoms with E-state index in [0.717, 1.165) is 24.0 Å². The van der Waals surface area contributed by atoms with Crippen molar-refractivity contribution < 1.29 is 167 Å². The zero-order valence-electron chi connectivity index (χ0n) is 67.4. The third-order valence-electron chi connectivity index (χ3n) is 29.2. The Labute approximate surface area is 681 Å². The fourth-order valence-electron chi connectivity index (χ4n) is 22.1. The maximum Gasteiger partial charge on any atom is 0.317 e. The van der Waals surface area contributed by atoms with Crippen molar-refractivity contribution in [3.05, 3.63) is 11.6 Å². The Morgan fingerprint density at radius 3 is 1.85 bits per heavy atom. The average molecular weight is 1690 g/mol. The smallest absolute Gasteiger partial charge is 0.317 e. The van der Waals surface area contributed by atoms with Crippen LogP contribution in [0.1, 0.15) is 139 Å². The summed E-state index contributed by atoms with van der Waals surface area (Å²) in [5.74, 6) is -2.80. The van der Waals surface area contributed by atoms with Crippen LogP contribution in [-0.4, -0.2) is 365 Å². The number of aliphatic hydroxyl groups excluding tert-OH is 16. The molecule has 32 unspecified atom stereocenters. The summed E-state index contributed by atoms with van der Waals surface area (Å²) < 4.78 is 80.6. The van der Waals surface area contributed by atoms with Crippen LogP contribution >= 0.6 is 11.8 Å². The van der Waals surface area contributed by atoms with E-state index in [-0.39, 0.29) is 74.0 Å². The second-order valence-corrected chi connectivity index (χ2v) is 37.9. The van der Waals surface area contributed by atoms with Crippen molar-refractivity contribution in [1.29, 1.82) is 0 Å². The maximum absolute atomic E-state index is 16.0. The number of fused-ring (bicyclic) bond motifs is 8. The largest absolute Gasteiger partial charge is 0.432 e. The normalized spacial score (nSPS) is 50.8. The number of aliphatic hydroxyl groups is 16. The number of methoxy groups -OCH3 is 1. The molecule has 8 aliphatic heterocycles. The number of urea groups is 1. The van der Waals surface area contributed by atoms with Crippen LogP contribution in [0, 0.1) is 50.2 Å². The van der Waals surface area contributed by atoms with Crippen LogP contribution in [0.15, 0.2) is 11.6 Å². The Hall–Kier alpha value is -3.68. The van der Waals surface area contributed by atoms with Crippen molar-refractivity contribution in [2.75, 3.05) is 45.8 Å². The molecule has 5 aliphatic carbocycles. The second-order valence-electron chi connectivity index (χ2n) is 36.6. The van der Waals surface area contributed by atoms with Crippen molar-refractivity contribution in [3.63, 3.8) is 0 Å². The van der Waals surface area contributed by atoms with Gasteiger partial charge < -0.3 is 169 Å². The Balaban J connectivity index is 0.756. The van der Waals surface area contributed by atoms with E-state index in [1.165, 1.54) is 21.0 Å². The Morgan fingerprint density at radius 2 is 1.21 bits per heavy atom. The second kappa shape index (κ2) is 35.7. The fraction of sp³-hybridized carbons (Fsp3) is 0.910. The van der Waals surface area contributed by atoms with Gasteiger partial charge in [-0.1, -0.05) is 59.6 Å². The van der Waals surface area contributed by atoms with Gasteiger partial charge in [0.15, 0.2) is 43.7 Å². The SMILES string of the molecule is COC1C(O)C(C)OC(OC2C(OC(=O)[C@]34CCC(C)(C)CC3C3=CCC5[C@@]6(C)CC[C@H](OC7OC(C(=O)NCCNC(=O)CCCC[C@@H]8SC[C@@H]9NC(=O)N[C@@H]98)C(O)C(OC8OCC(O)C(O)C8O)C7OC7OC(CO)C(O)C(O)C7O)[C@@](C)(C=O)C6CC[C@@]5(C)[C@]3(C)C[C@H]4O)OC(C)C(O)C2O)C1OC1OC(CO)C(O)C(O)C1O. The molecule has 12 fully saturated rings. The average Bonchev–Trinajstić information content (AvgIpc) is 0.720. The van der Waals surface area contributed by atoms with Gasteiger partial charge in [0.05, 0.1) is 61.7 Å². The number of thioether (sulfide) groups is 1. The molecule has 4 saturated carbocycles. The Bertz CT molecular complexity index is 3510. The van der Waals surface area contributed by atoms with Crippen molar-refractivity contribution >= 4 is 41.9 Å². The molecule has 117 heavy (non-hydrogen) atoms. The molecular weight excluding hydrogens is 1570 g/mol. The number of amides is 4. The lowest BCUT2D eigenvalue weighted by Crippen LogP contribution is -2.70. The van der Waals surface area contributed by atoms with E-state index in [9.17, 15) is 101 Å². The lowest BCUT2D eigenvalue weighted by Gasteiger charge is -2.71. The summed E-state index contributed by atoms with van der Waals surface area (Å²) in [7, 11) is 1.24. The van der Waals surface area contributed by atoms with Gasteiger partial charge in [0.25, 0.3) is 5.91 Å². The van der Waals surface area contributed by atoms with E-state index in [2.05, 4.69) is 62.0 Å². The molecule has 666 valence electrons. The van der Waals surface area contributed by atoms with Gasteiger partial charge in [-0.3, -0.25) is 14.4 Å². The van der Waals surface area contributed by atoms with E-state index < -0.39 is 266 Å². The van der Waals surface area contributed by atoms with Crippen LogP contribution in [0.4, 0.5) is 4.79 Å². The summed E-state index contributed by atoms with van der Waals surface area (Å²) >= 11 is 1.76. The van der Waals surface area contributed by atoms with Crippen molar-refractivity contribution in [2.45, 2.75) is 347 Å². The molecule has 8 heterocycles. The number of hydrogen-bond acceptors (Lipinski definition) is 35. The van der Waals surface area contributed by atoms with Gasteiger partial charge in [-0.15, -0.1) is 0 Å². The summed E-state index contributed by atoms with van der Waals surface area (Å²) in [6, 6.07) is -0.122. The van der Waals surface area contributed by atoms with Crippen molar-refractivity contribution in [2.24, 2.45) is 50.2 Å². The highest BCUT2D eigenvalue weighted by Crippen LogP contribution is 2.76. The first-order valence-corrected chi connectivity index (χ1v) is 42.4. The molecular formula is C78H124N4O34S. The van der Waals surface area contributed by atoms with Gasteiger partial charge in [0.2, 0.25) is 12.2 Å². The summed E-state index contributed by atoms with van der Waals surface area (Å²) in [5.41, 5.74) is -4.85. The van der Waals surface area contributed by atoms with E-state index >= 15 is 4.79 Å². The van der Waals surface area contributed by atoms with Gasteiger partial charge in [0.1, 0.15) is 128 Å². The van der Waals surface area contributed by atoms with Crippen molar-refractivity contribution in [3.8, 4) is 0 Å². The standard InChI is InChI=1S/C78H124N4O34S/c1-31-46(89)53(96)61(113-69-62(58(104-9)47(90)32(2)107-69)114-66-55(98)51(94)49(92)37(26-83)108-66)68(106-31)116-71(102)78-21-20-73(3,4)24-34(78)33-14-15-41-74(5)18-17-43(75(6,30-85)40(74)16-19-76(41,7)77(33,8)25-42(78)87)110-70-63(115-67-56(99)52(95)50(93)38(27-84)109-67)59(111-65-54(97)48(91)36(86)28-105-65)57(100)60(112-70)64(101)80-23-22-79-44(88)13-11-10-12-39-45-35(29-117-39)81-72(103)82-45/h14,30-32,34-43,45-63,65-70,83-84,86-87,89-100H,10-13,15-29H2,1-9H3,(H,79,88)(H,80,101)(H2,81,82,103)/t31?,32?,34?,35-,36?,37?,38?,39-,40?,41?,42+,43-,45-,46?,47?,48?,49?,50?,51?,52?,53?,54?,55?,56?,57?,58?,59?,60?,61?,62?,63?,65?,66?,67?,68?,69?,70?,74-,75-,76+,77+,78+/m0/s1. The van der Waals surface area contributed by atoms with Crippen LogP contribution in [-0.2, 0) is 80.8 Å². The highest BCUT2D eigenvalue weighted by molar-refractivity contribution is 8.00. The van der Waals surface area contributed by atoms with E-state index in [1.54, 1.807) is 18.7 Å². The van der Waals surface area contributed by atoms with E-state index in [0.29, 0.717) is 51.4 Å². The third kappa shape index (κ3) is 16.7. The van der Waals surface area contributed by atoms with Gasteiger partial charge in [-0.05, 0) is 124 Å². The monoisotopic (exact) mass is 1690 g/mol. The quantitative estimate of drug-likeness (QED) is 0.0102. The molecule has 13 aliphatic rings. The third-order valence-corrected chi connectivity index (χ3v) is 30.7. The van der Waals surface area contributed by atoms with Crippen LogP contribution in [0.3, 0.4) is 0 Å². The van der Waals surface area contributed by atoms with Crippen LogP contribution in [0.25, 0.3) is 0 Å². The molecule has 20 N–H and O–H groups in total. The molecule has 39 heteroatoms. The molecule has 0 aromatic rings. The van der Waals surface area contributed by atoms with E-state index in [4.69, 9.17) is 61.6 Å². The van der Waals surface area contributed by atoms with Crippen LogP contribution in [0.5, 0.6) is 0 Å². The predicted octanol–water partition coefficient (Wildman–Crippen LogP) is -4.92. The van der Waals surface area contributed by atoms with Gasteiger partial charge in [-0.2, -0.15) is 11.8 Å². The summed E-state index contributed by atoms with van der Waals surface area (Å²) in [5, 5.41) is 191. The Morgan fingerprint density at radius 1 is 0.598 bits per heavy atom. The zero-order valence-corrected chi connectivity index (χ0v) is 68.2. The maximum atomic E-state index is 16.0. The molecule has 38 nitrogen and oxygen atoms in total. The first kappa shape index (κ1) is 91.0. The summed E-state index contributed by atoms with van der Waals surface area (Å²) in [4.78, 5) is 70.2. The number of ether oxygens (including phenoxy) is 13. The zero-order chi connectivity index (χ0) is 84.8. The number of esters is 1. The molecule has 8 saturated heterocycles. The van der Waals surface area contributed by atoms with Gasteiger partial charge in [0, 0.05) is 37.6 Å². The van der Waals surface area contributed by atoms with Crippen molar-refractivity contribution in [1.82, 2.24) is 21.3 Å². The fourth-order valence-corrected chi connectivity index (χ4v) is 23.6.